The first-order valence-corrected chi connectivity index (χ1v) is 7.57. The predicted molar refractivity (Wildman–Crippen MR) is 81.3 cm³/mol. The van der Waals surface area contributed by atoms with Gasteiger partial charge in [-0.1, -0.05) is 0 Å². The fourth-order valence-electron chi connectivity index (χ4n) is 2.75. The van der Waals surface area contributed by atoms with Gasteiger partial charge in [0.05, 0.1) is 18.7 Å². The largest absolute Gasteiger partial charge is 0.496 e. The molecule has 106 valence electrons. The van der Waals surface area contributed by atoms with Crippen LogP contribution in [0.3, 0.4) is 0 Å². The molecule has 2 rings (SSSR count). The Morgan fingerprint density at radius 1 is 1.37 bits per heavy atom. The van der Waals surface area contributed by atoms with Gasteiger partial charge in [-0.05, 0) is 72.8 Å². The predicted octanol–water partition coefficient (Wildman–Crippen LogP) is 3.32. The maximum absolute atomic E-state index is 5.58. The summed E-state index contributed by atoms with van der Waals surface area (Å²) in [6.45, 7) is 4.28. The highest BCUT2D eigenvalue weighted by molar-refractivity contribution is 9.10. The molecule has 4 heteroatoms. The fraction of sp³-hybridized carbons (Fsp3) is 0.600. The number of methoxy groups -OCH3 is 2. The summed E-state index contributed by atoms with van der Waals surface area (Å²) < 4.78 is 12.0. The maximum Gasteiger partial charge on any atom is 0.136 e. The highest BCUT2D eigenvalue weighted by Crippen LogP contribution is 2.39. The van der Waals surface area contributed by atoms with Crippen LogP contribution in [0.5, 0.6) is 11.5 Å². The summed E-state index contributed by atoms with van der Waals surface area (Å²) in [4.78, 5) is 0. The van der Waals surface area contributed by atoms with Crippen molar-refractivity contribution in [3.8, 4) is 11.5 Å². The van der Waals surface area contributed by atoms with Crippen LogP contribution in [-0.4, -0.2) is 27.3 Å². The van der Waals surface area contributed by atoms with Gasteiger partial charge in [-0.25, -0.2) is 0 Å². The van der Waals surface area contributed by atoms with Crippen molar-refractivity contribution in [2.75, 3.05) is 27.3 Å². The summed E-state index contributed by atoms with van der Waals surface area (Å²) >= 11 is 3.63. The van der Waals surface area contributed by atoms with Crippen LogP contribution in [0.4, 0.5) is 0 Å². The van der Waals surface area contributed by atoms with Crippen molar-refractivity contribution in [2.45, 2.75) is 26.2 Å². The van der Waals surface area contributed by atoms with Crippen molar-refractivity contribution in [1.82, 2.24) is 5.32 Å². The lowest BCUT2D eigenvalue weighted by molar-refractivity contribution is 0.360. The molecule has 1 atom stereocenters. The second-order valence-corrected chi connectivity index (χ2v) is 5.92. The molecular formula is C15H22BrNO2. The third-order valence-corrected chi connectivity index (χ3v) is 4.78. The number of ether oxygens (including phenoxy) is 2. The zero-order valence-corrected chi connectivity index (χ0v) is 13.5. The van der Waals surface area contributed by atoms with E-state index < -0.39 is 0 Å². The molecule has 1 N–H and O–H groups in total. The Labute approximate surface area is 123 Å². The zero-order chi connectivity index (χ0) is 13.8. The molecule has 0 aliphatic carbocycles. The molecule has 0 radical (unpaired) electrons. The van der Waals surface area contributed by atoms with Crippen molar-refractivity contribution < 1.29 is 9.47 Å². The Morgan fingerprint density at radius 3 is 2.74 bits per heavy atom. The average molecular weight is 328 g/mol. The molecule has 1 aliphatic rings. The molecule has 0 aromatic heterocycles. The molecule has 0 saturated carbocycles. The molecule has 1 aromatic rings. The van der Waals surface area contributed by atoms with Gasteiger partial charge in [-0.15, -0.1) is 0 Å². The second-order valence-electron chi connectivity index (χ2n) is 5.13. The van der Waals surface area contributed by atoms with Gasteiger partial charge in [0.15, 0.2) is 0 Å². The van der Waals surface area contributed by atoms with Crippen LogP contribution in [0.25, 0.3) is 0 Å². The van der Waals surface area contributed by atoms with Gasteiger partial charge in [0.1, 0.15) is 11.5 Å². The van der Waals surface area contributed by atoms with Crippen LogP contribution < -0.4 is 14.8 Å². The van der Waals surface area contributed by atoms with E-state index in [1.165, 1.54) is 18.4 Å². The highest BCUT2D eigenvalue weighted by atomic mass is 79.9. The van der Waals surface area contributed by atoms with Crippen LogP contribution in [0.1, 0.15) is 24.0 Å². The summed E-state index contributed by atoms with van der Waals surface area (Å²) in [5.74, 6) is 2.55. The lowest BCUT2D eigenvalue weighted by Gasteiger charge is -2.24. The minimum Gasteiger partial charge on any atom is -0.496 e. The molecule has 1 aliphatic heterocycles. The number of hydrogen-bond donors (Lipinski definition) is 1. The van der Waals surface area contributed by atoms with Crippen molar-refractivity contribution in [3.05, 3.63) is 21.7 Å². The van der Waals surface area contributed by atoms with Crippen molar-refractivity contribution in [3.63, 3.8) is 0 Å². The lowest BCUT2D eigenvalue weighted by Crippen LogP contribution is -2.30. The molecule has 19 heavy (non-hydrogen) atoms. The van der Waals surface area contributed by atoms with Gasteiger partial charge < -0.3 is 14.8 Å². The zero-order valence-electron chi connectivity index (χ0n) is 11.9. The van der Waals surface area contributed by atoms with Crippen molar-refractivity contribution in [2.24, 2.45) is 5.92 Å². The minimum atomic E-state index is 0.682. The molecule has 0 amide bonds. The first-order valence-electron chi connectivity index (χ1n) is 6.78. The molecule has 0 bridgehead atoms. The topological polar surface area (TPSA) is 30.5 Å². The van der Waals surface area contributed by atoms with E-state index in [2.05, 4.69) is 27.3 Å². The molecule has 1 heterocycles. The van der Waals surface area contributed by atoms with Crippen LogP contribution in [0.2, 0.25) is 0 Å². The van der Waals surface area contributed by atoms with Crippen LogP contribution in [0, 0.1) is 12.8 Å². The maximum atomic E-state index is 5.58. The van der Waals surface area contributed by atoms with Gasteiger partial charge in [0.25, 0.3) is 0 Å². The van der Waals surface area contributed by atoms with E-state index in [4.69, 9.17) is 9.47 Å². The Balaban J connectivity index is 2.29. The SMILES string of the molecule is COc1cc(CC2CCCNC2)c(OC)c(Br)c1C. The number of nitrogens with one attached hydrogen (secondary N) is 1. The van der Waals surface area contributed by atoms with Gasteiger partial charge >= 0.3 is 0 Å². The minimum absolute atomic E-state index is 0.682. The Bertz CT molecular complexity index is 442. The molecule has 3 nitrogen and oxygen atoms in total. The van der Waals surface area contributed by atoms with Gasteiger partial charge in [-0.2, -0.15) is 0 Å². The van der Waals surface area contributed by atoms with Crippen LogP contribution >= 0.6 is 15.9 Å². The van der Waals surface area contributed by atoms with E-state index in [1.54, 1.807) is 14.2 Å². The van der Waals surface area contributed by atoms with E-state index in [0.29, 0.717) is 5.92 Å². The van der Waals surface area contributed by atoms with Gasteiger partial charge in [0.2, 0.25) is 0 Å². The molecule has 1 aromatic carbocycles. The van der Waals surface area contributed by atoms with E-state index in [-0.39, 0.29) is 0 Å². The number of hydrogen-bond acceptors (Lipinski definition) is 3. The number of piperidine rings is 1. The first-order chi connectivity index (χ1) is 9.17. The molecule has 0 spiro atoms. The Kier molecular flexibility index (Phi) is 5.11. The van der Waals surface area contributed by atoms with E-state index in [0.717, 1.165) is 41.0 Å². The third-order valence-electron chi connectivity index (χ3n) is 3.83. The van der Waals surface area contributed by atoms with Crippen LogP contribution in [0.15, 0.2) is 10.5 Å². The third kappa shape index (κ3) is 3.23. The molecule has 1 fully saturated rings. The summed E-state index contributed by atoms with van der Waals surface area (Å²) in [7, 11) is 3.45. The lowest BCUT2D eigenvalue weighted by atomic mass is 9.91. The van der Waals surface area contributed by atoms with Crippen LogP contribution in [-0.2, 0) is 6.42 Å². The summed E-state index contributed by atoms with van der Waals surface area (Å²) in [5.41, 5.74) is 2.32. The molecular weight excluding hydrogens is 306 g/mol. The molecule has 1 saturated heterocycles. The average Bonchev–Trinajstić information content (AvgIpc) is 2.44. The van der Waals surface area contributed by atoms with Gasteiger partial charge in [-0.3, -0.25) is 0 Å². The quantitative estimate of drug-likeness (QED) is 0.920. The summed E-state index contributed by atoms with van der Waals surface area (Å²) in [6.07, 6.45) is 3.58. The fourth-order valence-corrected chi connectivity index (χ4v) is 3.36. The van der Waals surface area contributed by atoms with E-state index in [9.17, 15) is 0 Å². The standard InChI is InChI=1S/C15H22BrNO2/c1-10-13(18-2)8-12(15(19-3)14(10)16)7-11-5-4-6-17-9-11/h8,11,17H,4-7,9H2,1-3H3. The van der Waals surface area contributed by atoms with E-state index >= 15 is 0 Å². The molecule has 1 unspecified atom stereocenters. The van der Waals surface area contributed by atoms with Gasteiger partial charge in [0, 0.05) is 5.56 Å². The normalized spacial score (nSPS) is 19.3. The highest BCUT2D eigenvalue weighted by Gasteiger charge is 2.20. The number of benzene rings is 1. The summed E-state index contributed by atoms with van der Waals surface area (Å²) in [5, 5.41) is 3.46. The Hall–Kier alpha value is -0.740. The van der Waals surface area contributed by atoms with Crippen molar-refractivity contribution >= 4 is 15.9 Å². The monoisotopic (exact) mass is 327 g/mol. The smallest absolute Gasteiger partial charge is 0.136 e. The number of rotatable bonds is 4. The second kappa shape index (κ2) is 6.62. The Morgan fingerprint density at radius 2 is 2.16 bits per heavy atom. The first kappa shape index (κ1) is 14.7. The number of halogens is 1. The van der Waals surface area contributed by atoms with E-state index in [1.807, 2.05) is 6.92 Å². The summed E-state index contributed by atoms with van der Waals surface area (Å²) in [6, 6.07) is 2.12. The van der Waals surface area contributed by atoms with Crippen molar-refractivity contribution in [1.29, 1.82) is 0 Å².